The summed E-state index contributed by atoms with van der Waals surface area (Å²) in [4.78, 5) is 21.8. The highest BCUT2D eigenvalue weighted by Gasteiger charge is 2.05. The van der Waals surface area contributed by atoms with Gasteiger partial charge in [0.05, 0.1) is 0 Å². The van der Waals surface area contributed by atoms with Gasteiger partial charge in [0.25, 0.3) is 0 Å². The molecule has 17 heavy (non-hydrogen) atoms. The van der Waals surface area contributed by atoms with Gasteiger partial charge in [0, 0.05) is 31.1 Å². The Morgan fingerprint density at radius 2 is 1.94 bits per heavy atom. The average molecular weight is 255 g/mol. The molecule has 0 fully saturated rings. The van der Waals surface area contributed by atoms with Gasteiger partial charge in [-0.3, -0.25) is 9.59 Å². The highest BCUT2D eigenvalue weighted by atomic mass is 35.5. The van der Waals surface area contributed by atoms with Crippen molar-refractivity contribution in [1.29, 1.82) is 0 Å². The van der Waals surface area contributed by atoms with Crippen molar-refractivity contribution in [3.05, 3.63) is 28.8 Å². The standard InChI is InChI=1S/C12H15ClN2O2/c1-8(16)14-6-5-10-7-11(13)3-4-12(10)15-9(2)17/h3-4,7H,5-6H2,1-2H3,(H,14,16)(H,15,17). The Hall–Kier alpha value is -1.55. The van der Waals surface area contributed by atoms with Crippen LogP contribution in [0.25, 0.3) is 0 Å². The average Bonchev–Trinajstić information content (AvgIpc) is 2.21. The molecule has 1 aromatic carbocycles. The highest BCUT2D eigenvalue weighted by Crippen LogP contribution is 2.21. The molecule has 0 saturated carbocycles. The third kappa shape index (κ3) is 4.87. The van der Waals surface area contributed by atoms with Crippen LogP contribution in [0, 0.1) is 0 Å². The molecule has 0 aliphatic carbocycles. The van der Waals surface area contributed by atoms with E-state index in [4.69, 9.17) is 11.6 Å². The molecule has 5 heteroatoms. The summed E-state index contributed by atoms with van der Waals surface area (Å²) in [5.74, 6) is -0.207. The van der Waals surface area contributed by atoms with Gasteiger partial charge in [-0.2, -0.15) is 0 Å². The van der Waals surface area contributed by atoms with Gasteiger partial charge in [-0.1, -0.05) is 11.6 Å². The Bertz CT molecular complexity index is 433. The molecule has 0 spiro atoms. The Kier molecular flexibility index (Phi) is 4.97. The molecule has 0 radical (unpaired) electrons. The Morgan fingerprint density at radius 1 is 1.24 bits per heavy atom. The second-order valence-electron chi connectivity index (χ2n) is 3.72. The Balaban J connectivity index is 2.76. The summed E-state index contributed by atoms with van der Waals surface area (Å²) in [5, 5.41) is 6.04. The second kappa shape index (κ2) is 6.25. The summed E-state index contributed by atoms with van der Waals surface area (Å²) in [6.45, 7) is 3.43. The van der Waals surface area contributed by atoms with Crippen LogP contribution in [0.15, 0.2) is 18.2 Å². The maximum Gasteiger partial charge on any atom is 0.221 e. The predicted octanol–water partition coefficient (Wildman–Crippen LogP) is 1.98. The largest absolute Gasteiger partial charge is 0.356 e. The SMILES string of the molecule is CC(=O)NCCc1cc(Cl)ccc1NC(C)=O. The molecule has 4 nitrogen and oxygen atoms in total. The topological polar surface area (TPSA) is 58.2 Å². The van der Waals surface area contributed by atoms with Gasteiger partial charge in [0.2, 0.25) is 11.8 Å². The van der Waals surface area contributed by atoms with Gasteiger partial charge in [0.15, 0.2) is 0 Å². The molecule has 0 unspecified atom stereocenters. The maximum absolute atomic E-state index is 11.0. The molecule has 0 aliphatic heterocycles. The molecule has 0 saturated heterocycles. The lowest BCUT2D eigenvalue weighted by atomic mass is 10.1. The van der Waals surface area contributed by atoms with Crippen molar-refractivity contribution >= 4 is 29.1 Å². The van der Waals surface area contributed by atoms with Crippen molar-refractivity contribution in [3.63, 3.8) is 0 Å². The number of carbonyl (C=O) groups excluding carboxylic acids is 2. The summed E-state index contributed by atoms with van der Waals surface area (Å²) in [6, 6.07) is 5.26. The zero-order chi connectivity index (χ0) is 12.8. The van der Waals surface area contributed by atoms with Crippen LogP contribution in [0.2, 0.25) is 5.02 Å². The Labute approximate surface area is 105 Å². The van der Waals surface area contributed by atoms with Gasteiger partial charge >= 0.3 is 0 Å². The van der Waals surface area contributed by atoms with Crippen LogP contribution in [0.1, 0.15) is 19.4 Å². The number of hydrogen-bond donors (Lipinski definition) is 2. The predicted molar refractivity (Wildman–Crippen MR) is 68.1 cm³/mol. The molecule has 0 atom stereocenters. The number of rotatable bonds is 4. The minimum absolute atomic E-state index is 0.0758. The third-order valence-corrected chi connectivity index (χ3v) is 2.38. The Morgan fingerprint density at radius 3 is 2.53 bits per heavy atom. The fraction of sp³-hybridized carbons (Fsp3) is 0.333. The molecule has 1 rings (SSSR count). The fourth-order valence-corrected chi connectivity index (χ4v) is 1.65. The first kappa shape index (κ1) is 13.5. The van der Waals surface area contributed by atoms with Gasteiger partial charge < -0.3 is 10.6 Å². The normalized spacial score (nSPS) is 9.82. The molecule has 0 heterocycles. The van der Waals surface area contributed by atoms with Crippen LogP contribution >= 0.6 is 11.6 Å². The van der Waals surface area contributed by atoms with Crippen LogP contribution < -0.4 is 10.6 Å². The van der Waals surface area contributed by atoms with E-state index in [1.165, 1.54) is 13.8 Å². The summed E-state index contributed by atoms with van der Waals surface area (Å²) < 4.78 is 0. The molecule has 0 aromatic heterocycles. The van der Waals surface area contributed by atoms with E-state index in [1.807, 2.05) is 0 Å². The summed E-state index contributed by atoms with van der Waals surface area (Å²) in [5.41, 5.74) is 1.63. The van der Waals surface area contributed by atoms with Crippen LogP contribution in [0.3, 0.4) is 0 Å². The van der Waals surface area contributed by atoms with E-state index in [0.717, 1.165) is 11.3 Å². The van der Waals surface area contributed by atoms with Crippen molar-refractivity contribution in [3.8, 4) is 0 Å². The first-order chi connectivity index (χ1) is 7.99. The van der Waals surface area contributed by atoms with Crippen LogP contribution in [0.4, 0.5) is 5.69 Å². The molecule has 2 N–H and O–H groups in total. The minimum atomic E-state index is -0.131. The van der Waals surface area contributed by atoms with Gasteiger partial charge in [-0.25, -0.2) is 0 Å². The second-order valence-corrected chi connectivity index (χ2v) is 4.15. The number of nitrogens with one attached hydrogen (secondary N) is 2. The maximum atomic E-state index is 11.0. The lowest BCUT2D eigenvalue weighted by Crippen LogP contribution is -2.22. The molecular weight excluding hydrogens is 240 g/mol. The van der Waals surface area contributed by atoms with Crippen LogP contribution in [-0.2, 0) is 16.0 Å². The van der Waals surface area contributed by atoms with Crippen molar-refractivity contribution in [2.75, 3.05) is 11.9 Å². The first-order valence-electron chi connectivity index (χ1n) is 5.29. The third-order valence-electron chi connectivity index (χ3n) is 2.15. The number of hydrogen-bond acceptors (Lipinski definition) is 2. The smallest absolute Gasteiger partial charge is 0.221 e. The van der Waals surface area contributed by atoms with E-state index >= 15 is 0 Å². The van der Waals surface area contributed by atoms with Crippen molar-refractivity contribution in [1.82, 2.24) is 5.32 Å². The number of amides is 2. The fourth-order valence-electron chi connectivity index (χ4n) is 1.45. The molecule has 0 bridgehead atoms. The van der Waals surface area contributed by atoms with E-state index < -0.39 is 0 Å². The van der Waals surface area contributed by atoms with Gasteiger partial charge in [-0.05, 0) is 30.2 Å². The molecule has 0 aliphatic rings. The number of halogens is 1. The summed E-state index contributed by atoms with van der Waals surface area (Å²) in [7, 11) is 0. The van der Waals surface area contributed by atoms with Gasteiger partial charge in [-0.15, -0.1) is 0 Å². The quantitative estimate of drug-likeness (QED) is 0.863. The zero-order valence-electron chi connectivity index (χ0n) is 9.84. The minimum Gasteiger partial charge on any atom is -0.356 e. The summed E-state index contributed by atoms with van der Waals surface area (Å²) >= 11 is 5.89. The van der Waals surface area contributed by atoms with Crippen molar-refractivity contribution < 1.29 is 9.59 Å². The van der Waals surface area contributed by atoms with E-state index in [2.05, 4.69) is 10.6 Å². The molecule has 2 amide bonds. The number of benzene rings is 1. The first-order valence-corrected chi connectivity index (χ1v) is 5.67. The van der Waals surface area contributed by atoms with E-state index in [1.54, 1.807) is 18.2 Å². The monoisotopic (exact) mass is 254 g/mol. The van der Waals surface area contributed by atoms with E-state index in [9.17, 15) is 9.59 Å². The van der Waals surface area contributed by atoms with Crippen molar-refractivity contribution in [2.45, 2.75) is 20.3 Å². The zero-order valence-corrected chi connectivity index (χ0v) is 10.6. The van der Waals surface area contributed by atoms with E-state index in [0.29, 0.717) is 18.0 Å². The van der Waals surface area contributed by atoms with Crippen LogP contribution in [-0.4, -0.2) is 18.4 Å². The van der Waals surface area contributed by atoms with Gasteiger partial charge in [0.1, 0.15) is 0 Å². The lowest BCUT2D eigenvalue weighted by molar-refractivity contribution is -0.119. The molecule has 92 valence electrons. The molecular formula is C12H15ClN2O2. The van der Waals surface area contributed by atoms with Crippen LogP contribution in [0.5, 0.6) is 0 Å². The highest BCUT2D eigenvalue weighted by molar-refractivity contribution is 6.30. The summed E-state index contributed by atoms with van der Waals surface area (Å²) in [6.07, 6.45) is 0.621. The van der Waals surface area contributed by atoms with Crippen molar-refractivity contribution in [2.24, 2.45) is 0 Å². The molecule has 1 aromatic rings. The van der Waals surface area contributed by atoms with E-state index in [-0.39, 0.29) is 11.8 Å². The lowest BCUT2D eigenvalue weighted by Gasteiger charge is -2.10. The number of carbonyl (C=O) groups is 2. The number of anilines is 1.